The van der Waals surface area contributed by atoms with Crippen molar-refractivity contribution < 1.29 is 4.79 Å². The van der Waals surface area contributed by atoms with E-state index in [0.29, 0.717) is 5.52 Å². The molecule has 2 aromatic carbocycles. The number of nitrogens with one attached hydrogen (secondary N) is 1. The normalized spacial score (nSPS) is 11.3. The number of H-pyrrole nitrogens is 1. The number of carbonyl (C=O) groups excluding carboxylic acids is 1. The van der Waals surface area contributed by atoms with Gasteiger partial charge in [-0.15, -0.1) is 0 Å². The molecule has 0 radical (unpaired) electrons. The lowest BCUT2D eigenvalue weighted by Gasteiger charge is -2.18. The van der Waals surface area contributed by atoms with Gasteiger partial charge in [0.2, 0.25) is 5.91 Å². The summed E-state index contributed by atoms with van der Waals surface area (Å²) in [6.07, 6.45) is 1.65. The Bertz CT molecular complexity index is 1280. The van der Waals surface area contributed by atoms with E-state index in [1.54, 1.807) is 18.1 Å². The number of likely N-dealkylation sites (N-methyl/N-ethyl adjacent to an activating group) is 1. The van der Waals surface area contributed by atoms with Crippen molar-refractivity contribution in [2.24, 2.45) is 0 Å². The van der Waals surface area contributed by atoms with Gasteiger partial charge in [-0.05, 0) is 56.2 Å². The highest BCUT2D eigenvalue weighted by Gasteiger charge is 2.16. The zero-order chi connectivity index (χ0) is 20.0. The zero-order valence-corrected chi connectivity index (χ0v) is 16.4. The molecule has 2 aromatic heterocycles. The van der Waals surface area contributed by atoms with Crippen molar-refractivity contribution in [2.75, 3.05) is 11.9 Å². The molecule has 0 aliphatic heterocycles. The molecule has 1 amide bonds. The number of nitrogens with zero attached hydrogens (tertiary/aromatic N) is 3. The lowest BCUT2D eigenvalue weighted by Crippen LogP contribution is -2.35. The number of fused-ring (bicyclic) bond motifs is 3. The number of aryl methyl sites for hydroxylation is 3. The first kappa shape index (κ1) is 18.0. The highest BCUT2D eigenvalue weighted by atomic mass is 16.2. The summed E-state index contributed by atoms with van der Waals surface area (Å²) in [5, 5.41) is 5.98. The predicted octanol–water partition coefficient (Wildman–Crippen LogP) is 3.47. The third-order valence-electron chi connectivity index (χ3n) is 5.31. The van der Waals surface area contributed by atoms with Gasteiger partial charge in [-0.3, -0.25) is 9.59 Å². The number of carbonyl (C=O) groups is 1. The minimum Gasteiger partial charge on any atom is -0.350 e. The monoisotopic (exact) mass is 374 g/mol. The summed E-state index contributed by atoms with van der Waals surface area (Å²) < 4.78 is 1.21. The van der Waals surface area contributed by atoms with Gasteiger partial charge in [-0.25, -0.2) is 4.68 Å². The van der Waals surface area contributed by atoms with Crippen molar-refractivity contribution >= 4 is 33.4 Å². The molecule has 0 aliphatic carbocycles. The van der Waals surface area contributed by atoms with Crippen molar-refractivity contribution in [1.29, 1.82) is 0 Å². The second kappa shape index (κ2) is 6.64. The van der Waals surface area contributed by atoms with Crippen LogP contribution in [0.2, 0.25) is 0 Å². The van der Waals surface area contributed by atoms with Crippen LogP contribution in [0.5, 0.6) is 0 Å². The van der Waals surface area contributed by atoms with Crippen molar-refractivity contribution in [2.45, 2.75) is 27.3 Å². The fourth-order valence-corrected chi connectivity index (χ4v) is 3.36. The summed E-state index contributed by atoms with van der Waals surface area (Å²) in [4.78, 5) is 30.3. The van der Waals surface area contributed by atoms with Gasteiger partial charge in [0.15, 0.2) is 0 Å². The van der Waals surface area contributed by atoms with Crippen molar-refractivity contribution in [3.8, 4) is 0 Å². The number of hydrogen-bond donors (Lipinski definition) is 1. The quantitative estimate of drug-likeness (QED) is 0.597. The second-order valence-corrected chi connectivity index (χ2v) is 7.29. The molecule has 2 heterocycles. The minimum absolute atomic E-state index is 0.118. The van der Waals surface area contributed by atoms with Crippen LogP contribution in [0.1, 0.15) is 16.7 Å². The van der Waals surface area contributed by atoms with Crippen LogP contribution in [0.3, 0.4) is 0 Å². The van der Waals surface area contributed by atoms with Crippen LogP contribution in [0, 0.1) is 20.8 Å². The van der Waals surface area contributed by atoms with E-state index >= 15 is 0 Å². The Kier molecular flexibility index (Phi) is 4.26. The highest BCUT2D eigenvalue weighted by molar-refractivity contribution is 6.06. The van der Waals surface area contributed by atoms with E-state index in [0.717, 1.165) is 33.1 Å². The van der Waals surface area contributed by atoms with Crippen LogP contribution in [0.25, 0.3) is 21.8 Å². The largest absolute Gasteiger partial charge is 0.350 e. The van der Waals surface area contributed by atoms with Gasteiger partial charge < -0.3 is 9.88 Å². The Morgan fingerprint density at radius 2 is 1.86 bits per heavy atom. The lowest BCUT2D eigenvalue weighted by molar-refractivity contribution is -0.119. The molecule has 0 saturated carbocycles. The first-order valence-corrected chi connectivity index (χ1v) is 9.17. The average molecular weight is 374 g/mol. The summed E-state index contributed by atoms with van der Waals surface area (Å²) in [6.45, 7) is 5.93. The Hall–Kier alpha value is -3.41. The van der Waals surface area contributed by atoms with E-state index in [4.69, 9.17) is 0 Å². The van der Waals surface area contributed by atoms with Gasteiger partial charge in [0.05, 0.1) is 6.20 Å². The Morgan fingerprint density at radius 1 is 1.07 bits per heavy atom. The zero-order valence-electron chi connectivity index (χ0n) is 16.4. The number of benzene rings is 2. The van der Waals surface area contributed by atoms with E-state index in [2.05, 4.69) is 10.1 Å². The maximum absolute atomic E-state index is 12.9. The molecule has 28 heavy (non-hydrogen) atoms. The van der Waals surface area contributed by atoms with Crippen molar-refractivity contribution in [1.82, 2.24) is 14.8 Å². The minimum atomic E-state index is -0.298. The molecule has 0 fully saturated rings. The first-order valence-electron chi connectivity index (χ1n) is 9.17. The van der Waals surface area contributed by atoms with E-state index in [9.17, 15) is 9.59 Å². The molecule has 142 valence electrons. The predicted molar refractivity (Wildman–Crippen MR) is 112 cm³/mol. The third-order valence-corrected chi connectivity index (χ3v) is 5.31. The van der Waals surface area contributed by atoms with Gasteiger partial charge in [-0.2, -0.15) is 5.10 Å². The van der Waals surface area contributed by atoms with E-state index < -0.39 is 0 Å². The fourth-order valence-electron chi connectivity index (χ4n) is 3.36. The fraction of sp³-hybridized carbons (Fsp3) is 0.227. The van der Waals surface area contributed by atoms with Crippen LogP contribution in [0.4, 0.5) is 5.69 Å². The number of rotatable bonds is 3. The molecular formula is C22H22N4O2. The van der Waals surface area contributed by atoms with Gasteiger partial charge in [0, 0.05) is 29.0 Å². The second-order valence-electron chi connectivity index (χ2n) is 7.29. The topological polar surface area (TPSA) is 71.0 Å². The Morgan fingerprint density at radius 3 is 2.61 bits per heavy atom. The molecule has 1 N–H and O–H groups in total. The summed E-state index contributed by atoms with van der Waals surface area (Å²) in [5.74, 6) is -0.204. The van der Waals surface area contributed by atoms with Gasteiger partial charge in [0.25, 0.3) is 5.56 Å². The smallest absolute Gasteiger partial charge is 0.291 e. The van der Waals surface area contributed by atoms with Crippen LogP contribution >= 0.6 is 0 Å². The first-order chi connectivity index (χ1) is 13.3. The molecule has 4 aromatic rings. The molecule has 6 nitrogen and oxygen atoms in total. The van der Waals surface area contributed by atoms with Crippen molar-refractivity contribution in [3.63, 3.8) is 0 Å². The number of aromatic amines is 1. The van der Waals surface area contributed by atoms with Crippen LogP contribution < -0.4 is 10.5 Å². The molecule has 0 aliphatic rings. The average Bonchev–Trinajstić information content (AvgIpc) is 3.04. The Balaban J connectivity index is 1.68. The third kappa shape index (κ3) is 2.97. The number of amides is 1. The SMILES string of the molecule is Cc1ccc2[nH]c3c(=O)n(CC(=O)N(C)c4ccc(C)c(C)c4)ncc3c2c1. The molecule has 0 bridgehead atoms. The Labute approximate surface area is 162 Å². The van der Waals surface area contributed by atoms with E-state index in [1.807, 2.05) is 57.2 Å². The molecule has 0 spiro atoms. The van der Waals surface area contributed by atoms with Crippen molar-refractivity contribution in [3.05, 3.63) is 69.6 Å². The van der Waals surface area contributed by atoms with Gasteiger partial charge >= 0.3 is 0 Å². The summed E-state index contributed by atoms with van der Waals surface area (Å²) in [5.41, 5.74) is 5.25. The molecule has 0 unspecified atom stereocenters. The molecule has 0 saturated heterocycles. The van der Waals surface area contributed by atoms with Crippen LogP contribution in [-0.4, -0.2) is 27.7 Å². The van der Waals surface area contributed by atoms with E-state index in [1.165, 1.54) is 10.2 Å². The highest BCUT2D eigenvalue weighted by Crippen LogP contribution is 2.23. The number of aromatic nitrogens is 3. The summed E-state index contributed by atoms with van der Waals surface area (Å²) >= 11 is 0. The van der Waals surface area contributed by atoms with Gasteiger partial charge in [-0.1, -0.05) is 17.7 Å². The van der Waals surface area contributed by atoms with Crippen LogP contribution in [-0.2, 0) is 11.3 Å². The lowest BCUT2D eigenvalue weighted by atomic mass is 10.1. The van der Waals surface area contributed by atoms with Gasteiger partial charge in [0.1, 0.15) is 12.1 Å². The molecule has 6 heteroatoms. The summed E-state index contributed by atoms with van der Waals surface area (Å²) in [6, 6.07) is 11.8. The molecular weight excluding hydrogens is 352 g/mol. The standard InChI is InChI=1S/C22H22N4O2/c1-13-5-8-19-17(9-13)18-11-23-26(22(28)21(18)24-19)12-20(27)25(4)16-7-6-14(2)15(3)10-16/h5-11,24H,12H2,1-4H3. The maximum atomic E-state index is 12.9. The molecule has 4 rings (SSSR count). The van der Waals surface area contributed by atoms with Crippen LogP contribution in [0.15, 0.2) is 47.4 Å². The number of hydrogen-bond acceptors (Lipinski definition) is 3. The van der Waals surface area contributed by atoms with E-state index in [-0.39, 0.29) is 18.0 Å². The molecule has 0 atom stereocenters. The number of anilines is 1. The summed E-state index contributed by atoms with van der Waals surface area (Å²) in [7, 11) is 1.71. The maximum Gasteiger partial charge on any atom is 0.291 e.